The van der Waals surface area contributed by atoms with E-state index in [4.69, 9.17) is 21.7 Å². The third kappa shape index (κ3) is 3.73. The summed E-state index contributed by atoms with van der Waals surface area (Å²) in [5.41, 5.74) is 5.25. The minimum absolute atomic E-state index is 0.301. The summed E-state index contributed by atoms with van der Waals surface area (Å²) in [6.07, 6.45) is 1.65. The molecule has 0 spiro atoms. The molecule has 2 aromatic rings. The zero-order valence-corrected chi connectivity index (χ0v) is 18.1. The minimum atomic E-state index is -0.509. The molecule has 0 fully saturated rings. The predicted molar refractivity (Wildman–Crippen MR) is 113 cm³/mol. The van der Waals surface area contributed by atoms with Gasteiger partial charge in [0.05, 0.1) is 12.0 Å². The number of hydrogen-bond acceptors (Lipinski definition) is 5. The van der Waals surface area contributed by atoms with Gasteiger partial charge in [0.2, 0.25) is 0 Å². The zero-order chi connectivity index (χ0) is 19.8. The van der Waals surface area contributed by atoms with Crippen LogP contribution < -0.4 is 9.47 Å². The standard InChI is InChI=1S/C21H25NO3S2/c1-13-14(2)20-18(15(3)19(13)24-16(4)23)8-9-21(5,25-20)22(12-26)11-17-7-6-10-27-17/h6-7,10,12H,8-9,11H2,1-5H3. The van der Waals surface area contributed by atoms with Crippen LogP contribution in [0.4, 0.5) is 0 Å². The average Bonchev–Trinajstić information content (AvgIpc) is 3.14. The first kappa shape index (κ1) is 19.8. The van der Waals surface area contributed by atoms with Gasteiger partial charge in [0, 0.05) is 23.8 Å². The van der Waals surface area contributed by atoms with E-state index in [0.717, 1.165) is 47.4 Å². The molecular weight excluding hydrogens is 378 g/mol. The molecule has 0 aliphatic carbocycles. The molecule has 0 bridgehead atoms. The van der Waals surface area contributed by atoms with E-state index in [1.807, 2.05) is 26.8 Å². The molecule has 1 unspecified atom stereocenters. The van der Waals surface area contributed by atoms with Crippen molar-refractivity contribution in [1.82, 2.24) is 4.90 Å². The minimum Gasteiger partial charge on any atom is -0.468 e. The van der Waals surface area contributed by atoms with E-state index in [2.05, 4.69) is 23.3 Å². The summed E-state index contributed by atoms with van der Waals surface area (Å²) in [6.45, 7) is 10.2. The number of carbonyl (C=O) groups excluding carboxylic acids is 1. The summed E-state index contributed by atoms with van der Waals surface area (Å²) in [5.74, 6) is 1.25. The van der Waals surface area contributed by atoms with Crippen molar-refractivity contribution >= 4 is 35.0 Å². The lowest BCUT2D eigenvalue weighted by molar-refractivity contribution is -0.132. The lowest BCUT2D eigenvalue weighted by atomic mass is 9.89. The van der Waals surface area contributed by atoms with Gasteiger partial charge in [-0.2, -0.15) is 0 Å². The highest BCUT2D eigenvalue weighted by Gasteiger charge is 2.38. The number of benzene rings is 1. The Bertz CT molecular complexity index is 876. The number of nitrogens with zero attached hydrogens (tertiary/aromatic N) is 1. The highest BCUT2D eigenvalue weighted by atomic mass is 32.1. The molecule has 3 rings (SSSR count). The van der Waals surface area contributed by atoms with Crippen LogP contribution in [0.5, 0.6) is 11.5 Å². The van der Waals surface area contributed by atoms with Crippen molar-refractivity contribution in [3.8, 4) is 11.5 Å². The van der Waals surface area contributed by atoms with Gasteiger partial charge in [-0.05, 0) is 62.3 Å². The molecule has 1 aliphatic rings. The van der Waals surface area contributed by atoms with E-state index < -0.39 is 5.72 Å². The third-order valence-corrected chi connectivity index (χ3v) is 6.47. The molecule has 0 amide bonds. The molecule has 0 N–H and O–H groups in total. The van der Waals surface area contributed by atoms with Crippen molar-refractivity contribution in [1.29, 1.82) is 0 Å². The van der Waals surface area contributed by atoms with Gasteiger partial charge < -0.3 is 14.4 Å². The van der Waals surface area contributed by atoms with Crippen LogP contribution in [-0.4, -0.2) is 22.1 Å². The largest absolute Gasteiger partial charge is 0.468 e. The van der Waals surface area contributed by atoms with Crippen LogP contribution in [0.25, 0.3) is 0 Å². The van der Waals surface area contributed by atoms with E-state index >= 15 is 0 Å². The molecule has 4 nitrogen and oxygen atoms in total. The van der Waals surface area contributed by atoms with Gasteiger partial charge in [0.15, 0.2) is 5.72 Å². The maximum absolute atomic E-state index is 11.5. The molecule has 2 heterocycles. The fraction of sp³-hybridized carbons (Fsp3) is 0.429. The Morgan fingerprint density at radius 2 is 2.11 bits per heavy atom. The topological polar surface area (TPSA) is 38.8 Å². The van der Waals surface area contributed by atoms with Crippen LogP contribution >= 0.6 is 23.6 Å². The normalized spacial score (nSPS) is 18.4. The molecule has 0 saturated carbocycles. The summed E-state index contributed by atoms with van der Waals surface area (Å²) in [6, 6.07) is 4.16. The SMILES string of the molecule is CC(=O)Oc1c(C)c(C)c2c(c1C)CCC(C)(N(C=S)Cc1cccs1)O2. The monoisotopic (exact) mass is 403 g/mol. The number of fused-ring (bicyclic) bond motifs is 1. The molecule has 1 aromatic carbocycles. The first-order valence-electron chi connectivity index (χ1n) is 9.01. The smallest absolute Gasteiger partial charge is 0.308 e. The highest BCUT2D eigenvalue weighted by Crippen LogP contribution is 2.44. The molecule has 27 heavy (non-hydrogen) atoms. The Morgan fingerprint density at radius 3 is 2.70 bits per heavy atom. The van der Waals surface area contributed by atoms with Crippen molar-refractivity contribution in [2.24, 2.45) is 0 Å². The summed E-state index contributed by atoms with van der Waals surface area (Å²) in [7, 11) is 0. The Balaban J connectivity index is 1.97. The highest BCUT2D eigenvalue weighted by molar-refractivity contribution is 7.78. The predicted octanol–water partition coefficient (Wildman–Crippen LogP) is 5.10. The van der Waals surface area contributed by atoms with Crippen LogP contribution in [0.15, 0.2) is 17.5 Å². The average molecular weight is 404 g/mol. The van der Waals surface area contributed by atoms with Crippen LogP contribution in [0.2, 0.25) is 0 Å². The quantitative estimate of drug-likeness (QED) is 0.395. The van der Waals surface area contributed by atoms with Crippen LogP contribution in [0.1, 0.15) is 47.4 Å². The summed E-state index contributed by atoms with van der Waals surface area (Å²) in [4.78, 5) is 14.9. The van der Waals surface area contributed by atoms with Gasteiger partial charge in [-0.15, -0.1) is 11.3 Å². The van der Waals surface area contributed by atoms with E-state index in [1.54, 1.807) is 16.8 Å². The number of rotatable bonds is 5. The second-order valence-electron chi connectivity index (χ2n) is 7.20. The van der Waals surface area contributed by atoms with Crippen molar-refractivity contribution in [2.75, 3.05) is 0 Å². The Kier molecular flexibility index (Phi) is 5.58. The van der Waals surface area contributed by atoms with Gasteiger partial charge >= 0.3 is 5.97 Å². The molecule has 0 saturated heterocycles. The number of esters is 1. The Hall–Kier alpha value is -1.92. The van der Waals surface area contributed by atoms with Crippen molar-refractivity contribution in [2.45, 2.75) is 59.7 Å². The fourth-order valence-corrected chi connectivity index (χ4v) is 4.61. The lowest BCUT2D eigenvalue weighted by Gasteiger charge is -2.44. The van der Waals surface area contributed by atoms with Crippen molar-refractivity contribution < 1.29 is 14.3 Å². The van der Waals surface area contributed by atoms with Crippen LogP contribution in [-0.2, 0) is 17.8 Å². The third-order valence-electron chi connectivity index (χ3n) is 5.36. The van der Waals surface area contributed by atoms with Crippen molar-refractivity contribution in [3.63, 3.8) is 0 Å². The van der Waals surface area contributed by atoms with E-state index in [-0.39, 0.29) is 5.97 Å². The Morgan fingerprint density at radius 1 is 1.37 bits per heavy atom. The van der Waals surface area contributed by atoms with E-state index in [0.29, 0.717) is 5.75 Å². The second-order valence-corrected chi connectivity index (χ2v) is 8.44. The van der Waals surface area contributed by atoms with Gasteiger partial charge in [-0.3, -0.25) is 4.79 Å². The number of hydrogen-bond donors (Lipinski definition) is 0. The number of ether oxygens (including phenoxy) is 2. The first-order valence-corrected chi connectivity index (χ1v) is 10.4. The molecule has 1 aromatic heterocycles. The number of thiophene rings is 1. The fourth-order valence-electron chi connectivity index (χ4n) is 3.61. The zero-order valence-electron chi connectivity index (χ0n) is 16.4. The molecule has 144 valence electrons. The molecule has 6 heteroatoms. The summed E-state index contributed by atoms with van der Waals surface area (Å²) >= 11 is 7.04. The Labute approximate surface area is 170 Å². The molecule has 0 radical (unpaired) electrons. The van der Waals surface area contributed by atoms with Crippen LogP contribution in [0.3, 0.4) is 0 Å². The maximum Gasteiger partial charge on any atom is 0.308 e. The first-order chi connectivity index (χ1) is 12.8. The van der Waals surface area contributed by atoms with E-state index in [1.165, 1.54) is 11.8 Å². The second kappa shape index (κ2) is 7.60. The lowest BCUT2D eigenvalue weighted by Crippen LogP contribution is -2.51. The summed E-state index contributed by atoms with van der Waals surface area (Å²) in [5, 5.41) is 2.07. The summed E-state index contributed by atoms with van der Waals surface area (Å²) < 4.78 is 12.1. The van der Waals surface area contributed by atoms with Gasteiger partial charge in [0.25, 0.3) is 0 Å². The molecule has 1 aliphatic heterocycles. The van der Waals surface area contributed by atoms with E-state index in [9.17, 15) is 4.79 Å². The molecule has 1 atom stereocenters. The van der Waals surface area contributed by atoms with Gasteiger partial charge in [-0.25, -0.2) is 0 Å². The molecular formula is C21H25NO3S2. The van der Waals surface area contributed by atoms with Gasteiger partial charge in [0.1, 0.15) is 11.5 Å². The number of carbonyl (C=O) groups is 1. The maximum atomic E-state index is 11.5. The van der Waals surface area contributed by atoms with Crippen LogP contribution in [0, 0.1) is 20.8 Å². The van der Waals surface area contributed by atoms with Crippen molar-refractivity contribution in [3.05, 3.63) is 44.6 Å². The van der Waals surface area contributed by atoms with Gasteiger partial charge in [-0.1, -0.05) is 18.3 Å². The number of thiocarbonyl (C=S) groups is 1.